The second-order valence-corrected chi connectivity index (χ2v) is 4.98. The number of hydrogen-bond donors (Lipinski definition) is 2. The van der Waals surface area contributed by atoms with Crippen LogP contribution < -0.4 is 11.1 Å². The Morgan fingerprint density at radius 1 is 1.59 bits per heavy atom. The average Bonchev–Trinajstić information content (AvgIpc) is 2.26. The van der Waals surface area contributed by atoms with E-state index in [9.17, 15) is 9.59 Å². The Kier molecular flexibility index (Phi) is 4.93. The van der Waals surface area contributed by atoms with Crippen LogP contribution in [0, 0.1) is 5.92 Å². The molecule has 0 spiro atoms. The van der Waals surface area contributed by atoms with Crippen LogP contribution >= 0.6 is 0 Å². The van der Waals surface area contributed by atoms with E-state index < -0.39 is 6.04 Å². The standard InChI is InChI=1S/C12H23N3O2/c1-4-10-11(16)14-5-6-15(10)12(17)9(13)7-8(2)3/h8-10H,4-7,13H2,1-3H3,(H,14,16). The number of carbonyl (C=O) groups is 2. The van der Waals surface area contributed by atoms with Gasteiger partial charge in [0, 0.05) is 13.1 Å². The fourth-order valence-electron chi connectivity index (χ4n) is 2.21. The maximum Gasteiger partial charge on any atom is 0.242 e. The van der Waals surface area contributed by atoms with Crippen molar-refractivity contribution in [3.63, 3.8) is 0 Å². The zero-order chi connectivity index (χ0) is 13.0. The number of piperazine rings is 1. The van der Waals surface area contributed by atoms with Gasteiger partial charge < -0.3 is 16.0 Å². The van der Waals surface area contributed by atoms with Gasteiger partial charge >= 0.3 is 0 Å². The van der Waals surface area contributed by atoms with Crippen LogP contribution in [0.1, 0.15) is 33.6 Å². The number of rotatable bonds is 4. The maximum atomic E-state index is 12.2. The molecule has 2 atom stereocenters. The van der Waals surface area contributed by atoms with Gasteiger partial charge in [0.05, 0.1) is 6.04 Å². The van der Waals surface area contributed by atoms with Crippen molar-refractivity contribution in [2.45, 2.75) is 45.7 Å². The van der Waals surface area contributed by atoms with Gasteiger partial charge in [-0.15, -0.1) is 0 Å². The minimum Gasteiger partial charge on any atom is -0.353 e. The lowest BCUT2D eigenvalue weighted by atomic mass is 10.0. The highest BCUT2D eigenvalue weighted by atomic mass is 16.2. The van der Waals surface area contributed by atoms with Crippen LogP contribution in [-0.4, -0.2) is 41.9 Å². The Balaban J connectivity index is 2.69. The summed E-state index contributed by atoms with van der Waals surface area (Å²) in [5.74, 6) is 0.219. The molecule has 1 aliphatic heterocycles. The molecule has 1 saturated heterocycles. The number of amides is 2. The molecule has 17 heavy (non-hydrogen) atoms. The second kappa shape index (κ2) is 6.00. The van der Waals surface area contributed by atoms with Crippen molar-refractivity contribution in [3.05, 3.63) is 0 Å². The second-order valence-electron chi connectivity index (χ2n) is 4.98. The lowest BCUT2D eigenvalue weighted by molar-refractivity contribution is -0.144. The van der Waals surface area contributed by atoms with Crippen molar-refractivity contribution in [1.29, 1.82) is 0 Å². The fraction of sp³-hybridized carbons (Fsp3) is 0.833. The summed E-state index contributed by atoms with van der Waals surface area (Å²) in [5, 5.41) is 2.77. The molecule has 0 radical (unpaired) electrons. The minimum absolute atomic E-state index is 0.0659. The molecule has 3 N–H and O–H groups in total. The predicted molar refractivity (Wildman–Crippen MR) is 66.2 cm³/mol. The summed E-state index contributed by atoms with van der Waals surface area (Å²) in [6.07, 6.45) is 1.29. The van der Waals surface area contributed by atoms with Crippen LogP contribution in [0.4, 0.5) is 0 Å². The van der Waals surface area contributed by atoms with E-state index in [-0.39, 0.29) is 17.9 Å². The minimum atomic E-state index is -0.491. The third kappa shape index (κ3) is 3.43. The molecular weight excluding hydrogens is 218 g/mol. The van der Waals surface area contributed by atoms with E-state index in [0.29, 0.717) is 31.8 Å². The molecule has 5 heteroatoms. The molecule has 0 aromatic carbocycles. The van der Waals surface area contributed by atoms with E-state index in [4.69, 9.17) is 5.73 Å². The lowest BCUT2D eigenvalue weighted by Gasteiger charge is -2.36. The Labute approximate surface area is 103 Å². The van der Waals surface area contributed by atoms with Crippen molar-refractivity contribution in [2.24, 2.45) is 11.7 Å². The van der Waals surface area contributed by atoms with Gasteiger partial charge in [0.25, 0.3) is 0 Å². The molecule has 0 saturated carbocycles. The van der Waals surface area contributed by atoms with E-state index >= 15 is 0 Å². The van der Waals surface area contributed by atoms with Crippen molar-refractivity contribution in [3.8, 4) is 0 Å². The van der Waals surface area contributed by atoms with E-state index in [2.05, 4.69) is 5.32 Å². The largest absolute Gasteiger partial charge is 0.353 e. The SMILES string of the molecule is CCC1C(=O)NCCN1C(=O)C(N)CC(C)C. The van der Waals surface area contributed by atoms with Crippen molar-refractivity contribution in [1.82, 2.24) is 10.2 Å². The van der Waals surface area contributed by atoms with Gasteiger partial charge in [-0.05, 0) is 18.8 Å². The summed E-state index contributed by atoms with van der Waals surface area (Å²) >= 11 is 0. The highest BCUT2D eigenvalue weighted by Gasteiger charge is 2.33. The number of nitrogens with zero attached hydrogens (tertiary/aromatic N) is 1. The Morgan fingerprint density at radius 2 is 2.24 bits per heavy atom. The van der Waals surface area contributed by atoms with E-state index in [1.807, 2.05) is 20.8 Å². The molecular formula is C12H23N3O2. The molecule has 1 fully saturated rings. The molecule has 1 aliphatic rings. The van der Waals surface area contributed by atoms with Gasteiger partial charge in [0.2, 0.25) is 11.8 Å². The summed E-state index contributed by atoms with van der Waals surface area (Å²) < 4.78 is 0. The molecule has 1 heterocycles. The first-order chi connectivity index (χ1) is 7.97. The Morgan fingerprint density at radius 3 is 2.76 bits per heavy atom. The molecule has 5 nitrogen and oxygen atoms in total. The van der Waals surface area contributed by atoms with E-state index in [1.165, 1.54) is 0 Å². The molecule has 2 amide bonds. The molecule has 2 unspecified atom stereocenters. The average molecular weight is 241 g/mol. The summed E-state index contributed by atoms with van der Waals surface area (Å²) in [7, 11) is 0. The highest BCUT2D eigenvalue weighted by molar-refractivity contribution is 5.90. The van der Waals surface area contributed by atoms with E-state index in [0.717, 1.165) is 0 Å². The zero-order valence-electron chi connectivity index (χ0n) is 10.9. The lowest BCUT2D eigenvalue weighted by Crippen LogP contribution is -2.60. The molecule has 1 rings (SSSR count). The Hall–Kier alpha value is -1.10. The topological polar surface area (TPSA) is 75.4 Å². The number of hydrogen-bond acceptors (Lipinski definition) is 3. The van der Waals surface area contributed by atoms with Gasteiger partial charge in [0.15, 0.2) is 0 Å². The predicted octanol–water partition coefficient (Wildman–Crippen LogP) is 0.0968. The molecule has 0 aromatic rings. The van der Waals surface area contributed by atoms with Crippen LogP contribution in [0.25, 0.3) is 0 Å². The monoisotopic (exact) mass is 241 g/mol. The summed E-state index contributed by atoms with van der Waals surface area (Å²) in [6.45, 7) is 7.06. The maximum absolute atomic E-state index is 12.2. The fourth-order valence-corrected chi connectivity index (χ4v) is 2.21. The van der Waals surface area contributed by atoms with Crippen molar-refractivity contribution < 1.29 is 9.59 Å². The zero-order valence-corrected chi connectivity index (χ0v) is 10.9. The Bertz CT molecular complexity index is 291. The quantitative estimate of drug-likeness (QED) is 0.733. The number of nitrogens with two attached hydrogens (primary N) is 1. The molecule has 0 aliphatic carbocycles. The van der Waals surface area contributed by atoms with Crippen molar-refractivity contribution >= 4 is 11.8 Å². The van der Waals surface area contributed by atoms with Crippen LogP contribution in [0.5, 0.6) is 0 Å². The van der Waals surface area contributed by atoms with Gasteiger partial charge in [-0.25, -0.2) is 0 Å². The van der Waals surface area contributed by atoms with Crippen LogP contribution in [0.15, 0.2) is 0 Å². The summed E-state index contributed by atoms with van der Waals surface area (Å²) in [4.78, 5) is 25.4. The third-order valence-corrected chi connectivity index (χ3v) is 3.04. The first-order valence-electron chi connectivity index (χ1n) is 6.31. The number of carbonyl (C=O) groups excluding carboxylic acids is 2. The van der Waals surface area contributed by atoms with Crippen LogP contribution in [0.3, 0.4) is 0 Å². The number of nitrogens with one attached hydrogen (secondary N) is 1. The van der Waals surface area contributed by atoms with Gasteiger partial charge in [-0.2, -0.15) is 0 Å². The summed E-state index contributed by atoms with van der Waals surface area (Å²) in [5.41, 5.74) is 5.89. The highest BCUT2D eigenvalue weighted by Crippen LogP contribution is 2.12. The first kappa shape index (κ1) is 14.0. The summed E-state index contributed by atoms with van der Waals surface area (Å²) in [6, 6.07) is -0.843. The van der Waals surface area contributed by atoms with Gasteiger partial charge in [-0.1, -0.05) is 20.8 Å². The molecule has 0 bridgehead atoms. The van der Waals surface area contributed by atoms with E-state index in [1.54, 1.807) is 4.90 Å². The van der Waals surface area contributed by atoms with Crippen molar-refractivity contribution in [2.75, 3.05) is 13.1 Å². The third-order valence-electron chi connectivity index (χ3n) is 3.04. The van der Waals surface area contributed by atoms with Gasteiger partial charge in [0.1, 0.15) is 6.04 Å². The molecule has 0 aromatic heterocycles. The van der Waals surface area contributed by atoms with Crippen LogP contribution in [0.2, 0.25) is 0 Å². The normalized spacial score (nSPS) is 22.5. The smallest absolute Gasteiger partial charge is 0.242 e. The van der Waals surface area contributed by atoms with Gasteiger partial charge in [-0.3, -0.25) is 9.59 Å². The van der Waals surface area contributed by atoms with Crippen LogP contribution in [-0.2, 0) is 9.59 Å². The first-order valence-corrected chi connectivity index (χ1v) is 6.31. The molecule has 98 valence electrons.